The van der Waals surface area contributed by atoms with Crippen LogP contribution in [0, 0.1) is 11.3 Å². The van der Waals surface area contributed by atoms with Crippen molar-refractivity contribution in [3.8, 4) is 6.07 Å². The maximum atomic E-state index is 13.0. The Morgan fingerprint density at radius 2 is 1.61 bits per heavy atom. The van der Waals surface area contributed by atoms with Gasteiger partial charge in [0.2, 0.25) is 0 Å². The van der Waals surface area contributed by atoms with Crippen molar-refractivity contribution in [1.29, 1.82) is 5.26 Å². The Labute approximate surface area is 186 Å². The summed E-state index contributed by atoms with van der Waals surface area (Å²) < 4.78 is 16.9. The first-order valence-corrected chi connectivity index (χ1v) is 11.9. The summed E-state index contributed by atoms with van der Waals surface area (Å²) in [5, 5.41) is 15.3. The second-order valence-electron chi connectivity index (χ2n) is 8.67. The molecule has 0 aromatic heterocycles. The highest BCUT2D eigenvalue weighted by molar-refractivity contribution is 7.91. The summed E-state index contributed by atoms with van der Waals surface area (Å²) in [4.78, 5) is 15.2. The number of nitrogens with zero attached hydrogens (tertiary/aromatic N) is 3. The van der Waals surface area contributed by atoms with Crippen LogP contribution in [-0.4, -0.2) is 29.1 Å². The van der Waals surface area contributed by atoms with Crippen molar-refractivity contribution >= 4 is 15.8 Å². The van der Waals surface area contributed by atoms with Crippen molar-refractivity contribution < 1.29 is 9.00 Å². The van der Waals surface area contributed by atoms with E-state index in [4.69, 9.17) is 5.14 Å². The Morgan fingerprint density at radius 1 is 1.10 bits per heavy atom. The van der Waals surface area contributed by atoms with Crippen molar-refractivity contribution in [2.24, 2.45) is 9.50 Å². The lowest BCUT2D eigenvalue weighted by Crippen LogP contribution is -2.17. The SMILES string of the molecule is CC(C)c1cc(C#N)cc(C(C)C)c1CC(=O)N=[S@](N)(=O)c1ccc(CN(C)C)cc1. The number of hydrogen-bond acceptors (Lipinski definition) is 4. The van der Waals surface area contributed by atoms with Gasteiger partial charge in [0.1, 0.15) is 9.92 Å². The van der Waals surface area contributed by atoms with Crippen LogP contribution in [-0.2, 0) is 27.7 Å². The first kappa shape index (κ1) is 24.7. The van der Waals surface area contributed by atoms with Gasteiger partial charge >= 0.3 is 0 Å². The van der Waals surface area contributed by atoms with Gasteiger partial charge in [0.15, 0.2) is 0 Å². The largest absolute Gasteiger partial charge is 0.305 e. The Hall–Kier alpha value is -2.53. The molecule has 0 spiro atoms. The maximum Gasteiger partial charge on any atom is 0.259 e. The van der Waals surface area contributed by atoms with Crippen molar-refractivity contribution in [2.75, 3.05) is 14.1 Å². The fraction of sp³-hybridized carbons (Fsp3) is 0.417. The molecule has 31 heavy (non-hydrogen) atoms. The average Bonchev–Trinajstić information content (AvgIpc) is 2.67. The van der Waals surface area contributed by atoms with E-state index < -0.39 is 15.8 Å². The van der Waals surface area contributed by atoms with Crippen LogP contribution in [0.4, 0.5) is 0 Å². The molecule has 0 saturated heterocycles. The highest BCUT2D eigenvalue weighted by Crippen LogP contribution is 2.30. The summed E-state index contributed by atoms with van der Waals surface area (Å²) >= 11 is 0. The summed E-state index contributed by atoms with van der Waals surface area (Å²) in [5.41, 5.74) is 4.33. The molecule has 0 unspecified atom stereocenters. The van der Waals surface area contributed by atoms with E-state index in [2.05, 4.69) is 10.4 Å². The summed E-state index contributed by atoms with van der Waals surface area (Å²) in [7, 11) is 0.588. The fourth-order valence-corrected chi connectivity index (χ4v) is 4.56. The highest BCUT2D eigenvalue weighted by Gasteiger charge is 2.19. The lowest BCUT2D eigenvalue weighted by atomic mass is 9.85. The second-order valence-corrected chi connectivity index (χ2v) is 10.5. The number of benzene rings is 2. The zero-order valence-corrected chi connectivity index (χ0v) is 20.0. The van der Waals surface area contributed by atoms with Crippen molar-refractivity contribution in [3.63, 3.8) is 0 Å². The first-order valence-electron chi connectivity index (χ1n) is 10.3. The molecule has 7 heteroatoms. The third-order valence-electron chi connectivity index (χ3n) is 5.02. The molecular weight excluding hydrogens is 408 g/mol. The molecule has 2 rings (SSSR count). The second kappa shape index (κ2) is 10.2. The molecule has 0 aliphatic heterocycles. The quantitative estimate of drug-likeness (QED) is 0.692. The Kier molecular flexibility index (Phi) is 8.13. The Morgan fingerprint density at radius 3 is 2.03 bits per heavy atom. The number of amides is 1. The van der Waals surface area contributed by atoms with Gasteiger partial charge < -0.3 is 4.90 Å². The fourth-order valence-electron chi connectivity index (χ4n) is 3.56. The molecule has 0 radical (unpaired) electrons. The molecule has 1 amide bonds. The number of carbonyl (C=O) groups is 1. The van der Waals surface area contributed by atoms with E-state index in [1.807, 2.05) is 71.0 Å². The summed E-state index contributed by atoms with van der Waals surface area (Å²) in [6, 6.07) is 12.9. The average molecular weight is 441 g/mol. The summed E-state index contributed by atoms with van der Waals surface area (Å²) in [6.45, 7) is 8.83. The molecule has 0 bridgehead atoms. The summed E-state index contributed by atoms with van der Waals surface area (Å²) in [5.74, 6) is -0.279. The monoisotopic (exact) mass is 440 g/mol. The zero-order chi connectivity index (χ0) is 23.3. The van der Waals surface area contributed by atoms with E-state index in [0.717, 1.165) is 28.8 Å². The zero-order valence-electron chi connectivity index (χ0n) is 19.2. The smallest absolute Gasteiger partial charge is 0.259 e. The lowest BCUT2D eigenvalue weighted by molar-refractivity contribution is -0.117. The maximum absolute atomic E-state index is 13.0. The molecule has 0 saturated carbocycles. The van der Waals surface area contributed by atoms with Crippen LogP contribution in [0.2, 0.25) is 0 Å². The predicted molar refractivity (Wildman–Crippen MR) is 125 cm³/mol. The van der Waals surface area contributed by atoms with Gasteiger partial charge in [-0.3, -0.25) is 4.79 Å². The number of nitriles is 1. The molecule has 2 N–H and O–H groups in total. The van der Waals surface area contributed by atoms with Crippen LogP contribution in [0.25, 0.3) is 0 Å². The lowest BCUT2D eigenvalue weighted by Gasteiger charge is -2.19. The molecule has 1 atom stereocenters. The number of rotatable bonds is 7. The van der Waals surface area contributed by atoms with Gasteiger partial charge in [-0.1, -0.05) is 39.8 Å². The van der Waals surface area contributed by atoms with Crippen LogP contribution in [0.3, 0.4) is 0 Å². The molecule has 2 aromatic rings. The van der Waals surface area contributed by atoms with Crippen molar-refractivity contribution in [3.05, 3.63) is 64.2 Å². The molecule has 6 nitrogen and oxygen atoms in total. The van der Waals surface area contributed by atoms with Crippen LogP contribution in [0.15, 0.2) is 45.7 Å². The van der Waals surface area contributed by atoms with Crippen LogP contribution >= 0.6 is 0 Å². The minimum atomic E-state index is -3.34. The van der Waals surface area contributed by atoms with Gasteiger partial charge in [-0.05, 0) is 72.5 Å². The summed E-state index contributed by atoms with van der Waals surface area (Å²) in [6.07, 6.45) is -0.000359. The minimum absolute atomic E-state index is 0.000359. The number of nitrogens with two attached hydrogens (primary N) is 1. The van der Waals surface area contributed by atoms with Gasteiger partial charge in [-0.2, -0.15) is 5.26 Å². The van der Waals surface area contributed by atoms with Crippen LogP contribution in [0.1, 0.15) is 67.3 Å². The van der Waals surface area contributed by atoms with E-state index in [-0.39, 0.29) is 18.3 Å². The molecule has 166 valence electrons. The third kappa shape index (κ3) is 6.47. The molecule has 2 aromatic carbocycles. The molecule has 0 fully saturated rings. The van der Waals surface area contributed by atoms with Crippen LogP contribution < -0.4 is 5.14 Å². The van der Waals surface area contributed by atoms with E-state index in [9.17, 15) is 14.3 Å². The van der Waals surface area contributed by atoms with Crippen molar-refractivity contribution in [1.82, 2.24) is 4.90 Å². The van der Waals surface area contributed by atoms with Gasteiger partial charge in [-0.25, -0.2) is 9.35 Å². The van der Waals surface area contributed by atoms with Gasteiger partial charge in [0.05, 0.1) is 22.9 Å². The van der Waals surface area contributed by atoms with E-state index in [0.29, 0.717) is 10.5 Å². The first-order chi connectivity index (χ1) is 14.4. The van der Waals surface area contributed by atoms with Gasteiger partial charge in [0, 0.05) is 6.54 Å². The molecule has 0 aliphatic rings. The molecule has 0 heterocycles. The van der Waals surface area contributed by atoms with Crippen LogP contribution in [0.5, 0.6) is 0 Å². The topological polar surface area (TPSA) is 99.5 Å². The van der Waals surface area contributed by atoms with E-state index in [1.165, 1.54) is 0 Å². The van der Waals surface area contributed by atoms with Gasteiger partial charge in [0.25, 0.3) is 5.91 Å². The third-order valence-corrected chi connectivity index (χ3v) is 6.44. The number of carbonyl (C=O) groups excluding carboxylic acids is 1. The Bertz CT molecular complexity index is 1070. The number of hydrogen-bond donors (Lipinski definition) is 1. The van der Waals surface area contributed by atoms with E-state index in [1.54, 1.807) is 12.1 Å². The predicted octanol–water partition coefficient (Wildman–Crippen LogP) is 4.34. The minimum Gasteiger partial charge on any atom is -0.305 e. The normalized spacial score (nSPS) is 13.3. The highest BCUT2D eigenvalue weighted by atomic mass is 32.2. The van der Waals surface area contributed by atoms with Crippen molar-refractivity contribution in [2.45, 2.75) is 57.4 Å². The molecular formula is C24H32N4O2S. The Balaban J connectivity index is 2.41. The van der Waals surface area contributed by atoms with Gasteiger partial charge in [-0.15, -0.1) is 4.36 Å². The van der Waals surface area contributed by atoms with E-state index >= 15 is 0 Å². The standard InChI is InChI=1S/C24H32N4O2S/c1-16(2)21-11-19(14-25)12-22(17(3)4)23(21)13-24(29)27-31(26,30)20-9-7-18(8-10-20)15-28(5)6/h7-12,16-17H,13,15H2,1-6H3,(H2,26,27,29,30)/t31-/m0/s1. The molecule has 0 aliphatic carbocycles.